The van der Waals surface area contributed by atoms with Gasteiger partial charge in [-0.2, -0.15) is 0 Å². The summed E-state index contributed by atoms with van der Waals surface area (Å²) in [5.41, 5.74) is 0. The van der Waals surface area contributed by atoms with Gasteiger partial charge in [0.25, 0.3) is 0 Å². The minimum atomic E-state index is 0.320. The Morgan fingerprint density at radius 3 is 2.73 bits per heavy atom. The number of nitrogens with one attached hydrogen (secondary N) is 1. The van der Waals surface area contributed by atoms with Crippen molar-refractivity contribution in [2.45, 2.75) is 45.2 Å². The van der Waals surface area contributed by atoms with Crippen molar-refractivity contribution in [1.29, 1.82) is 0 Å². The second kappa shape index (κ2) is 6.46. The van der Waals surface area contributed by atoms with Crippen molar-refractivity contribution in [3.05, 3.63) is 0 Å². The maximum atomic E-state index is 8.70. The van der Waals surface area contributed by atoms with E-state index in [1.165, 1.54) is 13.0 Å². The zero-order valence-corrected chi connectivity index (χ0v) is 10.4. The van der Waals surface area contributed by atoms with Gasteiger partial charge in [-0.3, -0.25) is 0 Å². The van der Waals surface area contributed by atoms with Gasteiger partial charge in [0.05, 0.1) is 0 Å². The summed E-state index contributed by atoms with van der Waals surface area (Å²) in [5.74, 6) is 0.736. The summed E-state index contributed by atoms with van der Waals surface area (Å²) in [6.45, 7) is 7.19. The Kier molecular flexibility index (Phi) is 5.58. The molecule has 2 N–H and O–H groups in total. The molecule has 0 aliphatic carbocycles. The van der Waals surface area contributed by atoms with Gasteiger partial charge in [-0.25, -0.2) is 0 Å². The van der Waals surface area contributed by atoms with Gasteiger partial charge in [0.2, 0.25) is 0 Å². The lowest BCUT2D eigenvalue weighted by Crippen LogP contribution is -2.51. The van der Waals surface area contributed by atoms with Gasteiger partial charge in [-0.15, -0.1) is 0 Å². The van der Waals surface area contributed by atoms with Gasteiger partial charge in [0.1, 0.15) is 0 Å². The van der Waals surface area contributed by atoms with Gasteiger partial charge in [-0.05, 0) is 45.7 Å². The van der Waals surface area contributed by atoms with Crippen LogP contribution in [0.15, 0.2) is 0 Å². The summed E-state index contributed by atoms with van der Waals surface area (Å²) >= 11 is 0. The maximum Gasteiger partial charge on any atom is 0.0431 e. The first-order chi connectivity index (χ1) is 7.15. The second-order valence-electron chi connectivity index (χ2n) is 4.99. The minimum absolute atomic E-state index is 0.320. The third-order valence-electron chi connectivity index (χ3n) is 3.60. The number of rotatable bonds is 5. The van der Waals surface area contributed by atoms with Crippen molar-refractivity contribution in [2.75, 3.05) is 26.7 Å². The monoisotopic (exact) mass is 214 g/mol. The standard InChI is InChI=1S/C12H26N2O/c1-10-9-14(3)11(2)8-12(10)13-6-4-5-7-15/h10-13,15H,4-9H2,1-3H3. The molecule has 0 aromatic carbocycles. The molecule has 0 spiro atoms. The fourth-order valence-corrected chi connectivity index (χ4v) is 2.35. The van der Waals surface area contributed by atoms with Crippen LogP contribution in [-0.2, 0) is 0 Å². The fourth-order valence-electron chi connectivity index (χ4n) is 2.35. The molecule has 0 bridgehead atoms. The lowest BCUT2D eigenvalue weighted by Gasteiger charge is -2.40. The first-order valence-corrected chi connectivity index (χ1v) is 6.19. The number of likely N-dealkylation sites (tertiary alicyclic amines) is 1. The highest BCUT2D eigenvalue weighted by Crippen LogP contribution is 2.20. The summed E-state index contributed by atoms with van der Waals surface area (Å²) in [7, 11) is 2.21. The molecule has 1 fully saturated rings. The van der Waals surface area contributed by atoms with E-state index >= 15 is 0 Å². The smallest absolute Gasteiger partial charge is 0.0431 e. The Labute approximate surface area is 93.9 Å². The summed E-state index contributed by atoms with van der Waals surface area (Å²) in [4.78, 5) is 2.44. The number of aliphatic hydroxyl groups is 1. The highest BCUT2D eigenvalue weighted by Gasteiger charge is 2.27. The summed E-state index contributed by atoms with van der Waals surface area (Å²) < 4.78 is 0. The maximum absolute atomic E-state index is 8.70. The lowest BCUT2D eigenvalue weighted by atomic mass is 9.90. The molecule has 3 heteroatoms. The van der Waals surface area contributed by atoms with E-state index in [0.29, 0.717) is 18.7 Å². The largest absolute Gasteiger partial charge is 0.396 e. The van der Waals surface area contributed by atoms with Crippen LogP contribution in [0, 0.1) is 5.92 Å². The topological polar surface area (TPSA) is 35.5 Å². The van der Waals surface area contributed by atoms with Crippen LogP contribution < -0.4 is 5.32 Å². The van der Waals surface area contributed by atoms with Gasteiger partial charge in [0.15, 0.2) is 0 Å². The molecule has 1 aliphatic rings. The number of hydrogen-bond acceptors (Lipinski definition) is 3. The molecule has 0 radical (unpaired) electrons. The second-order valence-corrected chi connectivity index (χ2v) is 4.99. The van der Waals surface area contributed by atoms with E-state index in [0.717, 1.165) is 25.3 Å². The van der Waals surface area contributed by atoms with E-state index in [9.17, 15) is 0 Å². The van der Waals surface area contributed by atoms with Crippen LogP contribution in [0.5, 0.6) is 0 Å². The molecule has 3 nitrogen and oxygen atoms in total. The van der Waals surface area contributed by atoms with Crippen LogP contribution in [0.3, 0.4) is 0 Å². The zero-order valence-electron chi connectivity index (χ0n) is 10.4. The molecule has 0 aromatic heterocycles. The summed E-state index contributed by atoms with van der Waals surface area (Å²) in [6, 6.07) is 1.35. The molecule has 1 heterocycles. The minimum Gasteiger partial charge on any atom is -0.396 e. The van der Waals surface area contributed by atoms with Crippen molar-refractivity contribution in [3.63, 3.8) is 0 Å². The summed E-state index contributed by atoms with van der Waals surface area (Å²) in [6.07, 6.45) is 3.25. The van der Waals surface area contributed by atoms with Crippen LogP contribution in [0.25, 0.3) is 0 Å². The normalized spacial score (nSPS) is 33.2. The molecular weight excluding hydrogens is 188 g/mol. The highest BCUT2D eigenvalue weighted by molar-refractivity contribution is 4.85. The van der Waals surface area contributed by atoms with Crippen molar-refractivity contribution in [3.8, 4) is 0 Å². The SMILES string of the molecule is CC1CN(C)C(C)CC1NCCCCO. The average molecular weight is 214 g/mol. The number of piperidine rings is 1. The van der Waals surface area contributed by atoms with Crippen molar-refractivity contribution < 1.29 is 5.11 Å². The molecular formula is C12H26N2O. The molecule has 90 valence electrons. The molecule has 1 rings (SSSR count). The Bertz CT molecular complexity index is 175. The van der Waals surface area contributed by atoms with Gasteiger partial charge < -0.3 is 15.3 Å². The fraction of sp³-hybridized carbons (Fsp3) is 1.00. The number of nitrogens with zero attached hydrogens (tertiary/aromatic N) is 1. The van der Waals surface area contributed by atoms with Gasteiger partial charge in [-0.1, -0.05) is 6.92 Å². The third-order valence-corrected chi connectivity index (χ3v) is 3.60. The zero-order chi connectivity index (χ0) is 11.3. The molecule has 3 unspecified atom stereocenters. The summed E-state index contributed by atoms with van der Waals surface area (Å²) in [5, 5.41) is 12.3. The van der Waals surface area contributed by atoms with E-state index < -0.39 is 0 Å². The number of unbranched alkanes of at least 4 members (excludes halogenated alkanes) is 1. The molecule has 15 heavy (non-hydrogen) atoms. The van der Waals surface area contributed by atoms with Crippen LogP contribution >= 0.6 is 0 Å². The molecule has 0 aromatic rings. The van der Waals surface area contributed by atoms with Gasteiger partial charge in [0, 0.05) is 25.2 Å². The third kappa shape index (κ3) is 4.09. The Morgan fingerprint density at radius 1 is 1.33 bits per heavy atom. The van der Waals surface area contributed by atoms with E-state index in [-0.39, 0.29) is 0 Å². The molecule has 1 saturated heterocycles. The number of aliphatic hydroxyl groups excluding tert-OH is 1. The van der Waals surface area contributed by atoms with Crippen molar-refractivity contribution >= 4 is 0 Å². The Morgan fingerprint density at radius 2 is 2.07 bits per heavy atom. The first-order valence-electron chi connectivity index (χ1n) is 6.19. The van der Waals surface area contributed by atoms with Crippen LogP contribution in [0.4, 0.5) is 0 Å². The number of hydrogen-bond donors (Lipinski definition) is 2. The molecule has 3 atom stereocenters. The first kappa shape index (κ1) is 12.9. The van der Waals surface area contributed by atoms with Crippen molar-refractivity contribution in [2.24, 2.45) is 5.92 Å². The molecule has 0 saturated carbocycles. The van der Waals surface area contributed by atoms with Crippen LogP contribution in [0.1, 0.15) is 33.1 Å². The quantitative estimate of drug-likeness (QED) is 0.672. The highest BCUT2D eigenvalue weighted by atomic mass is 16.2. The molecule has 0 amide bonds. The molecule has 1 aliphatic heterocycles. The lowest BCUT2D eigenvalue weighted by molar-refractivity contribution is 0.121. The Balaban J connectivity index is 2.22. The van der Waals surface area contributed by atoms with Crippen molar-refractivity contribution in [1.82, 2.24) is 10.2 Å². The van der Waals surface area contributed by atoms with Crippen LogP contribution in [0.2, 0.25) is 0 Å². The Hall–Kier alpha value is -0.120. The van der Waals surface area contributed by atoms with Crippen LogP contribution in [-0.4, -0.2) is 48.8 Å². The van der Waals surface area contributed by atoms with E-state index in [2.05, 4.69) is 31.1 Å². The van der Waals surface area contributed by atoms with E-state index in [1.807, 2.05) is 0 Å². The predicted octanol–water partition coefficient (Wildman–Crippen LogP) is 1.08. The van der Waals surface area contributed by atoms with E-state index in [4.69, 9.17) is 5.11 Å². The van der Waals surface area contributed by atoms with E-state index in [1.54, 1.807) is 0 Å². The van der Waals surface area contributed by atoms with Gasteiger partial charge >= 0.3 is 0 Å². The predicted molar refractivity (Wildman–Crippen MR) is 64.0 cm³/mol. The average Bonchev–Trinajstić information content (AvgIpc) is 2.20.